The van der Waals surface area contributed by atoms with Crippen LogP contribution in [0, 0.1) is 107 Å². The van der Waals surface area contributed by atoms with Crippen LogP contribution in [0.5, 0.6) is 0 Å². The smallest absolute Gasteiger partial charge is 0.219 e. The van der Waals surface area contributed by atoms with Crippen molar-refractivity contribution < 1.29 is 52.3 Å². The van der Waals surface area contributed by atoms with Crippen molar-refractivity contribution in [3.63, 3.8) is 0 Å². The van der Waals surface area contributed by atoms with Gasteiger partial charge in [-0.05, 0) is 194 Å². The quantitative estimate of drug-likeness (QED) is 0.0425. The second-order valence-corrected chi connectivity index (χ2v) is 33.3. The third-order valence-electron chi connectivity index (χ3n) is 23.7. The molecule has 3 aliphatic heterocycles. The highest BCUT2D eigenvalue weighted by Gasteiger charge is 2.42. The third kappa shape index (κ3) is 36.1. The van der Waals surface area contributed by atoms with Gasteiger partial charge in [0.15, 0.2) is 18.9 Å². The maximum absolute atomic E-state index is 12.7. The Morgan fingerprint density at radius 2 is 0.724 bits per heavy atom. The van der Waals surface area contributed by atoms with Crippen molar-refractivity contribution in [2.75, 3.05) is 33.0 Å². The number of Topliss-reactive ketones (excluding diaryl/α,β-unsaturated/α-hetero) is 3. The van der Waals surface area contributed by atoms with Crippen molar-refractivity contribution in [2.45, 2.75) is 398 Å². The summed E-state index contributed by atoms with van der Waals surface area (Å²) < 4.78 is 48.8. The van der Waals surface area contributed by atoms with Gasteiger partial charge in [-0.1, -0.05) is 205 Å². The Bertz CT molecular complexity index is 1910. The van der Waals surface area contributed by atoms with Gasteiger partial charge in [-0.3, -0.25) is 14.5 Å². The summed E-state index contributed by atoms with van der Waals surface area (Å²) in [5.74, 6) is 12.5. The summed E-state index contributed by atoms with van der Waals surface area (Å²) in [7, 11) is 0. The summed E-state index contributed by atoms with van der Waals surface area (Å²) in [5.41, 5.74) is 0. The van der Waals surface area contributed by atoms with Gasteiger partial charge in [0, 0.05) is 81.8 Å². The Balaban J connectivity index is 0.00000133. The number of ether oxygens (including phenoxy) is 8. The van der Waals surface area contributed by atoms with Crippen LogP contribution in [0.3, 0.4) is 0 Å². The summed E-state index contributed by atoms with van der Waals surface area (Å²) in [6.07, 6.45) is 20.4. The summed E-state index contributed by atoms with van der Waals surface area (Å²) in [6.45, 7) is 70.9. The summed E-state index contributed by atoms with van der Waals surface area (Å²) in [5, 5.41) is 0. The van der Waals surface area contributed by atoms with Gasteiger partial charge in [0.1, 0.15) is 17.3 Å². The number of ketones is 3. The SMILES string of the molecule is CCC(CC)CC(=O)CCCCOC1OC(CC)C(C)C(C)C1C.CCC1OC(OCCCCC(C)=O)C(C)C(C)C1C.CCCCC(C(C(C)C)C(C)C)C(C(C)C)C(C)C.CCCOC(OCC(CC)CC(=O)CCCCOC1OC(CC)C(C)C(C)C1C)N(C(C)C)C(C)C. The van der Waals surface area contributed by atoms with Crippen molar-refractivity contribution in [1.29, 1.82) is 0 Å². The van der Waals surface area contributed by atoms with Crippen LogP contribution >= 0.6 is 0 Å². The number of hydrogen-bond donors (Lipinski definition) is 0. The monoisotopic (exact) mass is 1390 g/mol. The van der Waals surface area contributed by atoms with Crippen LogP contribution in [0.15, 0.2) is 0 Å². The zero-order chi connectivity index (χ0) is 74.9. The molecule has 3 aliphatic rings. The first-order valence-corrected chi connectivity index (χ1v) is 41.6. The molecule has 0 bridgehead atoms. The maximum Gasteiger partial charge on any atom is 0.219 e. The Hall–Kier alpha value is -1.35. The van der Waals surface area contributed by atoms with E-state index in [0.29, 0.717) is 154 Å². The third-order valence-corrected chi connectivity index (χ3v) is 23.7. The number of rotatable bonds is 46. The van der Waals surface area contributed by atoms with Gasteiger partial charge in [0.2, 0.25) is 6.41 Å². The predicted octanol–water partition coefficient (Wildman–Crippen LogP) is 23.1. The molecule has 98 heavy (non-hydrogen) atoms. The minimum absolute atomic E-state index is 0.0755. The molecule has 17 unspecified atom stereocenters. The molecule has 0 aromatic carbocycles. The Morgan fingerprint density at radius 3 is 1.01 bits per heavy atom. The highest BCUT2D eigenvalue weighted by Crippen LogP contribution is 2.44. The number of unbranched alkanes of at least 4 members (excludes halogenated alkanes) is 4. The van der Waals surface area contributed by atoms with Crippen molar-refractivity contribution in [3.05, 3.63) is 0 Å². The lowest BCUT2D eigenvalue weighted by atomic mass is 9.63. The Labute approximate surface area is 609 Å². The predicted molar refractivity (Wildman–Crippen MR) is 414 cm³/mol. The summed E-state index contributed by atoms with van der Waals surface area (Å²) in [6, 6.07) is 0.634. The first-order chi connectivity index (χ1) is 46.2. The van der Waals surface area contributed by atoms with E-state index in [1.165, 1.54) is 19.3 Å². The van der Waals surface area contributed by atoms with E-state index in [-0.39, 0.29) is 43.1 Å². The van der Waals surface area contributed by atoms with Crippen molar-refractivity contribution in [3.8, 4) is 0 Å². The van der Waals surface area contributed by atoms with Crippen LogP contribution in [-0.2, 0) is 52.3 Å². The molecule has 0 aromatic rings. The molecule has 3 heterocycles. The maximum atomic E-state index is 12.7. The van der Waals surface area contributed by atoms with Gasteiger partial charge in [0.05, 0.1) is 31.5 Å². The molecular weight excluding hydrogens is 1220 g/mol. The number of nitrogens with zero attached hydrogens (tertiary/aromatic N) is 1. The molecule has 0 saturated carbocycles. The van der Waals surface area contributed by atoms with Gasteiger partial charge in [-0.2, -0.15) is 0 Å². The highest BCUT2D eigenvalue weighted by atomic mass is 16.7. The van der Waals surface area contributed by atoms with Crippen molar-refractivity contribution in [2.24, 2.45) is 107 Å². The van der Waals surface area contributed by atoms with E-state index in [2.05, 4.69) is 206 Å². The van der Waals surface area contributed by atoms with E-state index >= 15 is 0 Å². The molecule has 12 heteroatoms. The van der Waals surface area contributed by atoms with Crippen molar-refractivity contribution >= 4 is 17.3 Å². The molecule has 0 aliphatic carbocycles. The van der Waals surface area contributed by atoms with E-state index in [0.717, 1.165) is 131 Å². The lowest BCUT2D eigenvalue weighted by Crippen LogP contribution is -2.48. The first kappa shape index (κ1) is 96.6. The molecule has 0 amide bonds. The summed E-state index contributed by atoms with van der Waals surface area (Å²) in [4.78, 5) is 37.8. The molecule has 3 rings (SSSR count). The molecule has 584 valence electrons. The fourth-order valence-corrected chi connectivity index (χ4v) is 16.4. The molecule has 0 aromatic heterocycles. The fourth-order valence-electron chi connectivity index (χ4n) is 16.4. The standard InChI is InChI=1S/C30H59NO5.C21H40O3.C19H40.C16H30O3/c1-11-17-34-30(31(21(4)5)22(6)7)35-20-26(12-2)19-27(32)16-14-15-18-33-29-25(10)23(8)24(9)28(13-3)36-29;1-7-18(8-2)14-19(22)12-10-11-13-23-21-17(6)15(4)16(5)20(9-3)24-21;1-10-11-12-17(18(13(2)3)14(4)5)19(15(6)7)16(8)9;1-6-15-13(4)12(3)14(5)16(19-15)18-10-8-7-9-11(2)17/h21-26,28-30H,11-20H2,1-10H3;15-18,20-21H,7-14H2,1-6H3;13-19H,10-12H2,1-9H3;12-16H,6-10H2,1-5H3. The van der Waals surface area contributed by atoms with Crippen LogP contribution in [0.4, 0.5) is 0 Å². The zero-order valence-corrected chi connectivity index (χ0v) is 70.4. The Morgan fingerprint density at radius 1 is 0.388 bits per heavy atom. The highest BCUT2D eigenvalue weighted by molar-refractivity contribution is 5.79. The van der Waals surface area contributed by atoms with Gasteiger partial charge < -0.3 is 42.7 Å². The minimum Gasteiger partial charge on any atom is -0.352 e. The number of hydrogen-bond acceptors (Lipinski definition) is 12. The van der Waals surface area contributed by atoms with Gasteiger partial charge >= 0.3 is 0 Å². The average molecular weight is 1390 g/mol. The largest absolute Gasteiger partial charge is 0.352 e. The van der Waals surface area contributed by atoms with Gasteiger partial charge in [-0.25, -0.2) is 0 Å². The molecule has 3 fully saturated rings. The van der Waals surface area contributed by atoms with E-state index < -0.39 is 0 Å². The molecule has 12 nitrogen and oxygen atoms in total. The number of carbonyl (C=O) groups excluding carboxylic acids is 3. The van der Waals surface area contributed by atoms with E-state index in [1.807, 2.05) is 0 Å². The summed E-state index contributed by atoms with van der Waals surface area (Å²) >= 11 is 0. The topological polar surface area (TPSA) is 128 Å². The van der Waals surface area contributed by atoms with Gasteiger partial charge in [0.25, 0.3) is 0 Å². The van der Waals surface area contributed by atoms with E-state index in [9.17, 15) is 14.4 Å². The van der Waals surface area contributed by atoms with Gasteiger partial charge in [-0.15, -0.1) is 0 Å². The van der Waals surface area contributed by atoms with E-state index in [4.69, 9.17) is 37.9 Å². The van der Waals surface area contributed by atoms with Crippen LogP contribution < -0.4 is 0 Å². The van der Waals surface area contributed by atoms with Crippen LogP contribution in [0.25, 0.3) is 0 Å². The van der Waals surface area contributed by atoms with Crippen LogP contribution in [0.2, 0.25) is 0 Å². The van der Waals surface area contributed by atoms with Crippen LogP contribution in [-0.4, -0.2) is 111 Å². The lowest BCUT2D eigenvalue weighted by Gasteiger charge is -2.43. The molecule has 0 N–H and O–H groups in total. The van der Waals surface area contributed by atoms with E-state index in [1.54, 1.807) is 6.92 Å². The molecule has 0 spiro atoms. The number of carbonyl (C=O) groups is 3. The normalized spacial score (nSPS) is 26.7. The average Bonchev–Trinajstić information content (AvgIpc) is 0.845. The molecule has 3 saturated heterocycles. The molecular formula is C86H169NO11. The lowest BCUT2D eigenvalue weighted by molar-refractivity contribution is -0.248. The van der Waals surface area contributed by atoms with Crippen LogP contribution in [0.1, 0.15) is 343 Å². The second-order valence-electron chi connectivity index (χ2n) is 33.3. The zero-order valence-electron chi connectivity index (χ0n) is 70.4. The first-order valence-electron chi connectivity index (χ1n) is 41.6. The minimum atomic E-state index is -0.367. The fraction of sp³-hybridized carbons (Fsp3) is 0.965. The second kappa shape index (κ2) is 54.3. The molecule has 17 atom stereocenters. The van der Waals surface area contributed by atoms with Crippen molar-refractivity contribution in [1.82, 2.24) is 4.90 Å². The Kier molecular flexibility index (Phi) is 53.5. The molecule has 0 radical (unpaired) electrons.